The van der Waals surface area contributed by atoms with Gasteiger partial charge < -0.3 is 9.84 Å². The average molecular weight is 458 g/mol. The number of rotatable bonds is 10. The third-order valence-electron chi connectivity index (χ3n) is 6.73. The van der Waals surface area contributed by atoms with Gasteiger partial charge in [-0.15, -0.1) is 11.3 Å². The molecule has 0 aliphatic carbocycles. The zero-order chi connectivity index (χ0) is 23.2. The van der Waals surface area contributed by atoms with Gasteiger partial charge in [-0.3, -0.25) is 4.90 Å². The predicted molar refractivity (Wildman–Crippen MR) is 137 cm³/mol. The Balaban J connectivity index is 1.42. The van der Waals surface area contributed by atoms with Crippen molar-refractivity contribution in [1.82, 2.24) is 4.90 Å². The van der Waals surface area contributed by atoms with Gasteiger partial charge in [-0.1, -0.05) is 46.8 Å². The second-order valence-corrected chi connectivity index (χ2v) is 12.4. The minimum atomic E-state index is -0.0291. The first-order chi connectivity index (χ1) is 15.1. The number of benzene rings is 1. The monoisotopic (exact) mass is 457 g/mol. The van der Waals surface area contributed by atoms with Crippen molar-refractivity contribution in [3.05, 3.63) is 51.2 Å². The van der Waals surface area contributed by atoms with Crippen molar-refractivity contribution < 1.29 is 9.84 Å². The van der Waals surface area contributed by atoms with Gasteiger partial charge >= 0.3 is 0 Å². The number of phenolic OH excluding ortho intramolecular Hbond substituents is 1. The summed E-state index contributed by atoms with van der Waals surface area (Å²) in [6, 6.07) is 10.8. The lowest BCUT2D eigenvalue weighted by Gasteiger charge is -2.31. The van der Waals surface area contributed by atoms with Crippen molar-refractivity contribution in [2.24, 2.45) is 5.41 Å². The molecule has 0 spiro atoms. The van der Waals surface area contributed by atoms with Crippen molar-refractivity contribution in [3.8, 4) is 5.75 Å². The van der Waals surface area contributed by atoms with E-state index in [1.165, 1.54) is 41.1 Å². The Bertz CT molecular complexity index is 843. The van der Waals surface area contributed by atoms with Crippen LogP contribution in [-0.2, 0) is 29.4 Å². The largest absolute Gasteiger partial charge is 0.508 e. The summed E-state index contributed by atoms with van der Waals surface area (Å²) < 4.78 is 5.47. The standard InChI is InChI=1S/C28H43NO2S/c1-27(2,3)25-21-22(9-12-26(25)30)7-6-8-23-10-11-24(32-23)13-14-28(4,5)15-16-29-17-19-31-20-18-29/h9-12,21,30H,6-8,13-20H2,1-5H3. The van der Waals surface area contributed by atoms with Gasteiger partial charge in [0.2, 0.25) is 0 Å². The molecular weight excluding hydrogens is 414 g/mol. The molecule has 3 rings (SSSR count). The minimum absolute atomic E-state index is 0.0291. The molecule has 0 radical (unpaired) electrons. The zero-order valence-corrected chi connectivity index (χ0v) is 21.7. The van der Waals surface area contributed by atoms with Gasteiger partial charge in [-0.25, -0.2) is 0 Å². The van der Waals surface area contributed by atoms with Crippen molar-refractivity contribution in [3.63, 3.8) is 0 Å². The van der Waals surface area contributed by atoms with Crippen LogP contribution in [0.3, 0.4) is 0 Å². The molecule has 1 aliphatic heterocycles. The predicted octanol–water partition coefficient (Wildman–Crippen LogP) is 6.61. The summed E-state index contributed by atoms with van der Waals surface area (Å²) in [6.45, 7) is 16.5. The van der Waals surface area contributed by atoms with Crippen molar-refractivity contribution >= 4 is 11.3 Å². The maximum absolute atomic E-state index is 10.2. The van der Waals surface area contributed by atoms with Crippen LogP contribution >= 0.6 is 11.3 Å². The third-order valence-corrected chi connectivity index (χ3v) is 7.94. The van der Waals surface area contributed by atoms with Crippen LogP contribution in [0.25, 0.3) is 0 Å². The van der Waals surface area contributed by atoms with E-state index >= 15 is 0 Å². The Kier molecular flexibility index (Phi) is 8.82. The summed E-state index contributed by atoms with van der Waals surface area (Å²) in [4.78, 5) is 5.58. The molecular formula is C28H43NO2S. The van der Waals surface area contributed by atoms with Gasteiger partial charge in [0, 0.05) is 22.8 Å². The van der Waals surface area contributed by atoms with Gasteiger partial charge in [0.25, 0.3) is 0 Å². The maximum atomic E-state index is 10.2. The van der Waals surface area contributed by atoms with E-state index < -0.39 is 0 Å². The number of aromatic hydroxyl groups is 1. The molecule has 0 saturated carbocycles. The maximum Gasteiger partial charge on any atom is 0.119 e. The van der Waals surface area contributed by atoms with Crippen LogP contribution in [0.5, 0.6) is 5.75 Å². The van der Waals surface area contributed by atoms with Crippen LogP contribution in [0, 0.1) is 5.41 Å². The molecule has 0 amide bonds. The fourth-order valence-electron chi connectivity index (χ4n) is 4.37. The molecule has 1 aromatic carbocycles. The Hall–Kier alpha value is -1.36. The highest BCUT2D eigenvalue weighted by molar-refractivity contribution is 7.11. The third kappa shape index (κ3) is 7.90. The average Bonchev–Trinajstić information content (AvgIpc) is 3.20. The summed E-state index contributed by atoms with van der Waals surface area (Å²) in [7, 11) is 0. The van der Waals surface area contributed by atoms with Crippen LogP contribution in [0.1, 0.15) is 74.8 Å². The van der Waals surface area contributed by atoms with E-state index in [1.807, 2.05) is 17.4 Å². The number of aryl methyl sites for hydroxylation is 3. The molecule has 2 heterocycles. The van der Waals surface area contributed by atoms with Crippen LogP contribution in [0.4, 0.5) is 0 Å². The van der Waals surface area contributed by atoms with Gasteiger partial charge in [-0.2, -0.15) is 0 Å². The highest BCUT2D eigenvalue weighted by atomic mass is 32.1. The molecule has 2 aromatic rings. The molecule has 4 heteroatoms. The second kappa shape index (κ2) is 11.2. The van der Waals surface area contributed by atoms with E-state index in [9.17, 15) is 5.11 Å². The van der Waals surface area contributed by atoms with Crippen LogP contribution in [0.2, 0.25) is 0 Å². The quantitative estimate of drug-likeness (QED) is 0.436. The lowest BCUT2D eigenvalue weighted by Crippen LogP contribution is -2.38. The topological polar surface area (TPSA) is 32.7 Å². The smallest absolute Gasteiger partial charge is 0.119 e. The molecule has 0 bridgehead atoms. The highest BCUT2D eigenvalue weighted by Crippen LogP contribution is 2.32. The van der Waals surface area contributed by atoms with E-state index in [-0.39, 0.29) is 5.41 Å². The Morgan fingerprint density at radius 1 is 0.906 bits per heavy atom. The fraction of sp³-hybridized carbons (Fsp3) is 0.643. The Morgan fingerprint density at radius 3 is 2.28 bits per heavy atom. The normalized spacial score (nSPS) is 15.9. The molecule has 1 aromatic heterocycles. The highest BCUT2D eigenvalue weighted by Gasteiger charge is 2.21. The van der Waals surface area contributed by atoms with Crippen molar-refractivity contribution in [2.45, 2.75) is 78.6 Å². The van der Waals surface area contributed by atoms with E-state index in [1.54, 1.807) is 0 Å². The van der Waals surface area contributed by atoms with E-state index in [4.69, 9.17) is 4.74 Å². The fourth-order valence-corrected chi connectivity index (χ4v) is 5.43. The molecule has 1 N–H and O–H groups in total. The number of nitrogens with zero attached hydrogens (tertiary/aromatic N) is 1. The lowest BCUT2D eigenvalue weighted by molar-refractivity contribution is 0.0323. The molecule has 0 unspecified atom stereocenters. The number of hydrogen-bond acceptors (Lipinski definition) is 4. The number of ether oxygens (including phenoxy) is 1. The van der Waals surface area contributed by atoms with E-state index in [2.05, 4.69) is 63.8 Å². The first kappa shape index (κ1) is 25.3. The molecule has 3 nitrogen and oxygen atoms in total. The van der Waals surface area contributed by atoms with Gasteiger partial charge in [0.1, 0.15) is 5.75 Å². The number of hydrogen-bond donors (Lipinski definition) is 1. The van der Waals surface area contributed by atoms with E-state index in [0.717, 1.165) is 51.1 Å². The molecule has 32 heavy (non-hydrogen) atoms. The summed E-state index contributed by atoms with van der Waals surface area (Å²) in [6.07, 6.45) is 7.05. The number of morpholine rings is 1. The number of thiophene rings is 1. The van der Waals surface area contributed by atoms with Crippen LogP contribution in [-0.4, -0.2) is 42.9 Å². The first-order valence-electron chi connectivity index (χ1n) is 12.3. The Morgan fingerprint density at radius 2 is 1.59 bits per heavy atom. The second-order valence-electron chi connectivity index (χ2n) is 11.2. The molecule has 0 atom stereocenters. The lowest BCUT2D eigenvalue weighted by atomic mass is 9.84. The van der Waals surface area contributed by atoms with E-state index in [0.29, 0.717) is 11.2 Å². The van der Waals surface area contributed by atoms with Crippen LogP contribution < -0.4 is 0 Å². The minimum Gasteiger partial charge on any atom is -0.508 e. The van der Waals surface area contributed by atoms with Crippen LogP contribution in [0.15, 0.2) is 30.3 Å². The Labute approximate surface area is 199 Å². The van der Waals surface area contributed by atoms with Crippen molar-refractivity contribution in [2.75, 3.05) is 32.8 Å². The van der Waals surface area contributed by atoms with Gasteiger partial charge in [0.15, 0.2) is 0 Å². The molecule has 1 saturated heterocycles. The van der Waals surface area contributed by atoms with Crippen molar-refractivity contribution in [1.29, 1.82) is 0 Å². The van der Waals surface area contributed by atoms with Gasteiger partial charge in [-0.05, 0) is 85.2 Å². The molecule has 1 aliphatic rings. The summed E-state index contributed by atoms with van der Waals surface area (Å²) in [5, 5.41) is 10.2. The summed E-state index contributed by atoms with van der Waals surface area (Å²) in [5.74, 6) is 0.414. The first-order valence-corrected chi connectivity index (χ1v) is 13.1. The number of phenols is 1. The summed E-state index contributed by atoms with van der Waals surface area (Å²) in [5.41, 5.74) is 2.72. The molecule has 1 fully saturated rings. The molecule has 178 valence electrons. The summed E-state index contributed by atoms with van der Waals surface area (Å²) >= 11 is 2.00. The zero-order valence-electron chi connectivity index (χ0n) is 20.9. The van der Waals surface area contributed by atoms with Gasteiger partial charge in [0.05, 0.1) is 13.2 Å². The SMILES string of the molecule is CC(C)(CCc1ccc(CCCc2ccc(O)c(C(C)(C)C)c2)s1)CCN1CCOCC1.